The summed E-state index contributed by atoms with van der Waals surface area (Å²) in [6.45, 7) is 5.72. The van der Waals surface area contributed by atoms with Crippen molar-refractivity contribution in [3.63, 3.8) is 0 Å². The van der Waals surface area contributed by atoms with Crippen LogP contribution in [-0.4, -0.2) is 18.1 Å². The zero-order chi connectivity index (χ0) is 15.8. The van der Waals surface area contributed by atoms with Gasteiger partial charge in [-0.05, 0) is 18.2 Å². The maximum atomic E-state index is 13.5. The fraction of sp³-hybridized carbons (Fsp3) is 0.333. The Labute approximate surface area is 130 Å². The fourth-order valence-electron chi connectivity index (χ4n) is 1.86. The molecule has 0 amide bonds. The van der Waals surface area contributed by atoms with Crippen LogP contribution in [0.25, 0.3) is 11.5 Å². The zero-order valence-corrected chi connectivity index (χ0v) is 13.7. The van der Waals surface area contributed by atoms with Crippen molar-refractivity contribution in [3.8, 4) is 11.5 Å². The molecule has 0 atom stereocenters. The predicted octanol–water partition coefficient (Wildman–Crippen LogP) is 4.33. The third-order valence-corrected chi connectivity index (χ3v) is 3.28. The highest BCUT2D eigenvalue weighted by atomic mass is 79.9. The highest BCUT2D eigenvalue weighted by Crippen LogP contribution is 2.31. The number of hydrogen-bond acceptors (Lipinski definition) is 4. The second-order valence-corrected chi connectivity index (χ2v) is 6.51. The lowest BCUT2D eigenvalue weighted by Gasteiger charge is -2.15. The highest BCUT2D eigenvalue weighted by Gasteiger charge is 2.30. The van der Waals surface area contributed by atoms with Crippen LogP contribution in [0.3, 0.4) is 0 Å². The quantitative estimate of drug-likeness (QED) is 0.752. The second-order valence-electron chi connectivity index (χ2n) is 5.60. The maximum Gasteiger partial charge on any atom is 0.376 e. The number of ether oxygens (including phenoxy) is 1. The zero-order valence-electron chi connectivity index (χ0n) is 12.2. The van der Waals surface area contributed by atoms with Crippen LogP contribution in [0.15, 0.2) is 27.1 Å². The molecule has 1 heterocycles. The van der Waals surface area contributed by atoms with E-state index in [4.69, 9.17) is 9.15 Å². The van der Waals surface area contributed by atoms with Crippen molar-refractivity contribution in [1.82, 2.24) is 4.98 Å². The van der Waals surface area contributed by atoms with E-state index in [0.717, 1.165) is 0 Å². The summed E-state index contributed by atoms with van der Waals surface area (Å²) in [5, 5.41) is 0. The smallest absolute Gasteiger partial charge is 0.376 e. The van der Waals surface area contributed by atoms with Gasteiger partial charge in [-0.15, -0.1) is 0 Å². The Kier molecular flexibility index (Phi) is 4.18. The number of nitrogens with zero attached hydrogens (tertiary/aromatic N) is 1. The second kappa shape index (κ2) is 5.60. The molecule has 1 aromatic heterocycles. The Bertz CT molecular complexity index is 668. The minimum atomic E-state index is -0.603. The first-order valence-electron chi connectivity index (χ1n) is 6.28. The SMILES string of the molecule is COC(=O)c1oc(-c2cc(F)cc(Br)c2)nc1C(C)(C)C. The number of halogens is 2. The van der Waals surface area contributed by atoms with Gasteiger partial charge in [0.2, 0.25) is 11.7 Å². The number of benzene rings is 1. The number of hydrogen-bond donors (Lipinski definition) is 0. The molecule has 6 heteroatoms. The first-order chi connectivity index (χ1) is 9.72. The first-order valence-corrected chi connectivity index (χ1v) is 7.07. The molecule has 0 fully saturated rings. The Morgan fingerprint density at radius 2 is 2.00 bits per heavy atom. The number of carbonyl (C=O) groups is 1. The Hall–Kier alpha value is -1.69. The molecule has 0 saturated heterocycles. The molecule has 0 radical (unpaired) electrons. The van der Waals surface area contributed by atoms with Gasteiger partial charge in [-0.2, -0.15) is 0 Å². The van der Waals surface area contributed by atoms with E-state index in [9.17, 15) is 9.18 Å². The Morgan fingerprint density at radius 1 is 1.33 bits per heavy atom. The summed E-state index contributed by atoms with van der Waals surface area (Å²) in [4.78, 5) is 16.2. The van der Waals surface area contributed by atoms with Gasteiger partial charge in [0.25, 0.3) is 0 Å². The topological polar surface area (TPSA) is 52.3 Å². The number of aromatic nitrogens is 1. The molecule has 21 heavy (non-hydrogen) atoms. The van der Waals surface area contributed by atoms with Crippen molar-refractivity contribution in [1.29, 1.82) is 0 Å². The van der Waals surface area contributed by atoms with E-state index in [1.165, 1.54) is 19.2 Å². The van der Waals surface area contributed by atoms with Gasteiger partial charge in [-0.1, -0.05) is 36.7 Å². The molecule has 0 spiro atoms. The van der Waals surface area contributed by atoms with E-state index in [0.29, 0.717) is 15.7 Å². The summed E-state index contributed by atoms with van der Waals surface area (Å²) in [5.74, 6) is -0.801. The van der Waals surface area contributed by atoms with Gasteiger partial charge in [0.1, 0.15) is 11.5 Å². The molecule has 2 rings (SSSR count). The molecule has 112 valence electrons. The van der Waals surface area contributed by atoms with Crippen LogP contribution < -0.4 is 0 Å². The lowest BCUT2D eigenvalue weighted by atomic mass is 9.91. The molecule has 0 aliphatic rings. The van der Waals surface area contributed by atoms with Gasteiger partial charge < -0.3 is 9.15 Å². The van der Waals surface area contributed by atoms with Gasteiger partial charge in [0.05, 0.1) is 7.11 Å². The lowest BCUT2D eigenvalue weighted by molar-refractivity contribution is 0.0562. The van der Waals surface area contributed by atoms with Crippen LogP contribution in [0.2, 0.25) is 0 Å². The van der Waals surface area contributed by atoms with Crippen molar-refractivity contribution < 1.29 is 18.3 Å². The molecule has 0 aliphatic carbocycles. The largest absolute Gasteiger partial charge is 0.463 e. The predicted molar refractivity (Wildman–Crippen MR) is 79.6 cm³/mol. The molecular weight excluding hydrogens is 341 g/mol. The van der Waals surface area contributed by atoms with Gasteiger partial charge >= 0.3 is 5.97 Å². The van der Waals surface area contributed by atoms with Gasteiger partial charge in [-0.25, -0.2) is 14.2 Å². The van der Waals surface area contributed by atoms with Crippen molar-refractivity contribution in [2.24, 2.45) is 0 Å². The average molecular weight is 356 g/mol. The molecule has 0 saturated carbocycles. The molecule has 1 aromatic carbocycles. The number of carbonyl (C=O) groups excluding carboxylic acids is 1. The van der Waals surface area contributed by atoms with Crippen molar-refractivity contribution >= 4 is 21.9 Å². The number of methoxy groups -OCH3 is 1. The Morgan fingerprint density at radius 3 is 2.52 bits per heavy atom. The number of esters is 1. The van der Waals surface area contributed by atoms with Crippen LogP contribution in [-0.2, 0) is 10.2 Å². The molecule has 0 unspecified atom stereocenters. The van der Waals surface area contributed by atoms with E-state index in [1.54, 1.807) is 6.07 Å². The maximum absolute atomic E-state index is 13.5. The van der Waals surface area contributed by atoms with Gasteiger partial charge in [0, 0.05) is 15.5 Å². The van der Waals surface area contributed by atoms with E-state index in [-0.39, 0.29) is 11.7 Å². The van der Waals surface area contributed by atoms with Crippen LogP contribution >= 0.6 is 15.9 Å². The van der Waals surface area contributed by atoms with Crippen LogP contribution in [0.5, 0.6) is 0 Å². The Balaban J connectivity index is 2.61. The molecular formula is C15H15BrFNO3. The summed E-state index contributed by atoms with van der Waals surface area (Å²) < 4.78 is 24.3. The standard InChI is InChI=1S/C15H15BrFNO3/c1-15(2,3)12-11(14(19)20-4)21-13(18-12)8-5-9(16)7-10(17)6-8/h5-7H,1-4H3. The number of oxazole rings is 1. The lowest BCUT2D eigenvalue weighted by Crippen LogP contribution is -2.17. The normalized spacial score (nSPS) is 11.5. The van der Waals surface area contributed by atoms with Crippen molar-refractivity contribution in [2.75, 3.05) is 7.11 Å². The highest BCUT2D eigenvalue weighted by molar-refractivity contribution is 9.10. The minimum Gasteiger partial charge on any atom is -0.463 e. The fourth-order valence-corrected chi connectivity index (χ4v) is 2.33. The molecule has 0 N–H and O–H groups in total. The van der Waals surface area contributed by atoms with Crippen LogP contribution in [0.4, 0.5) is 4.39 Å². The third kappa shape index (κ3) is 3.32. The van der Waals surface area contributed by atoms with Crippen LogP contribution in [0.1, 0.15) is 37.0 Å². The van der Waals surface area contributed by atoms with E-state index in [2.05, 4.69) is 20.9 Å². The molecule has 0 bridgehead atoms. The average Bonchev–Trinajstić information content (AvgIpc) is 2.81. The third-order valence-electron chi connectivity index (χ3n) is 2.82. The van der Waals surface area contributed by atoms with Gasteiger partial charge in [-0.3, -0.25) is 0 Å². The summed E-state index contributed by atoms with van der Waals surface area (Å²) in [5.41, 5.74) is 0.516. The summed E-state index contributed by atoms with van der Waals surface area (Å²) in [6, 6.07) is 4.30. The van der Waals surface area contributed by atoms with Gasteiger partial charge in [0.15, 0.2) is 0 Å². The monoisotopic (exact) mass is 355 g/mol. The molecule has 2 aromatic rings. The summed E-state index contributed by atoms with van der Waals surface area (Å²) in [7, 11) is 1.27. The first kappa shape index (κ1) is 15.7. The van der Waals surface area contributed by atoms with E-state index >= 15 is 0 Å². The van der Waals surface area contributed by atoms with E-state index in [1.807, 2.05) is 20.8 Å². The molecule has 0 aliphatic heterocycles. The summed E-state index contributed by atoms with van der Waals surface area (Å²) >= 11 is 3.22. The van der Waals surface area contributed by atoms with Crippen molar-refractivity contribution in [2.45, 2.75) is 26.2 Å². The van der Waals surface area contributed by atoms with Crippen LogP contribution in [0, 0.1) is 5.82 Å². The summed E-state index contributed by atoms with van der Waals surface area (Å²) in [6.07, 6.45) is 0. The number of rotatable bonds is 2. The van der Waals surface area contributed by atoms with E-state index < -0.39 is 17.2 Å². The molecule has 4 nitrogen and oxygen atoms in total. The van der Waals surface area contributed by atoms with Crippen molar-refractivity contribution in [3.05, 3.63) is 39.9 Å². The minimum absolute atomic E-state index is 0.0420.